The first-order valence-corrected chi connectivity index (χ1v) is 9.86. The van der Waals surface area contributed by atoms with Gasteiger partial charge >= 0.3 is 12.2 Å². The number of imide groups is 1. The number of nitrogens with zero attached hydrogens (tertiary/aromatic N) is 1. The molecule has 3 rings (SSSR count). The van der Waals surface area contributed by atoms with Gasteiger partial charge in [-0.3, -0.25) is 0 Å². The van der Waals surface area contributed by atoms with Crippen LogP contribution >= 0.6 is 0 Å². The van der Waals surface area contributed by atoms with Crippen LogP contribution in [0, 0.1) is 11.3 Å². The van der Waals surface area contributed by atoms with Gasteiger partial charge in [0.1, 0.15) is 0 Å². The maximum Gasteiger partial charge on any atom is 0.419 e. The van der Waals surface area contributed by atoms with E-state index in [1.807, 2.05) is 6.92 Å². The third-order valence-electron chi connectivity index (χ3n) is 4.80. The maximum absolute atomic E-state index is 12.5. The Morgan fingerprint density at radius 3 is 1.76 bits per heavy atom. The van der Waals surface area contributed by atoms with E-state index in [0.29, 0.717) is 45.9 Å². The van der Waals surface area contributed by atoms with Crippen molar-refractivity contribution in [2.45, 2.75) is 32.7 Å². The topological polar surface area (TPSA) is 102 Å². The Morgan fingerprint density at radius 1 is 0.897 bits per heavy atom. The van der Waals surface area contributed by atoms with Crippen LogP contribution < -0.4 is 0 Å². The Morgan fingerprint density at radius 2 is 1.34 bits per heavy atom. The lowest BCUT2D eigenvalue weighted by Gasteiger charge is -2.52. The van der Waals surface area contributed by atoms with Crippen molar-refractivity contribution >= 4 is 12.2 Å². The van der Waals surface area contributed by atoms with Gasteiger partial charge in [-0.25, -0.2) is 14.5 Å². The summed E-state index contributed by atoms with van der Waals surface area (Å²) in [6.45, 7) is 6.37. The molecular weight excluding hydrogens is 386 g/mol. The number of fused-ring (bicyclic) bond motifs is 3. The van der Waals surface area contributed by atoms with Gasteiger partial charge < -0.3 is 33.2 Å². The van der Waals surface area contributed by atoms with Crippen LogP contribution in [0.25, 0.3) is 0 Å². The van der Waals surface area contributed by atoms with Gasteiger partial charge in [-0.05, 0) is 0 Å². The molecule has 3 fully saturated rings. The van der Waals surface area contributed by atoms with Crippen molar-refractivity contribution in [1.29, 1.82) is 0 Å². The Kier molecular flexibility index (Phi) is 9.09. The second-order valence-corrected chi connectivity index (χ2v) is 7.71. The molecule has 0 saturated carbocycles. The SMILES string of the molecule is COCCCOC(=O)N(CC(C)C12OCC(C)(CO1)CO2)C(=O)OCCCOC. The molecule has 0 spiro atoms. The Labute approximate surface area is 171 Å². The lowest BCUT2D eigenvalue weighted by molar-refractivity contribution is -0.482. The van der Waals surface area contributed by atoms with Crippen molar-refractivity contribution in [1.82, 2.24) is 4.90 Å². The van der Waals surface area contributed by atoms with E-state index in [1.165, 1.54) is 0 Å². The van der Waals surface area contributed by atoms with Crippen molar-refractivity contribution in [2.75, 3.05) is 67.0 Å². The highest BCUT2D eigenvalue weighted by molar-refractivity contribution is 5.87. The van der Waals surface area contributed by atoms with Gasteiger partial charge in [0, 0.05) is 52.2 Å². The molecule has 0 radical (unpaired) electrons. The third-order valence-corrected chi connectivity index (χ3v) is 4.80. The standard InChI is InChI=1S/C19H33NO9/c1-15(19-27-12-18(2,13-28-19)14-29-19)11-20(16(21)25-9-5-7-23-3)17(22)26-10-6-8-24-4/h15H,5-14H2,1-4H3. The minimum absolute atomic E-state index is 0.0388. The molecule has 3 saturated heterocycles. The number of hydrogen-bond acceptors (Lipinski definition) is 9. The summed E-state index contributed by atoms with van der Waals surface area (Å²) in [5.74, 6) is -1.74. The van der Waals surface area contributed by atoms with E-state index >= 15 is 0 Å². The second-order valence-electron chi connectivity index (χ2n) is 7.71. The van der Waals surface area contributed by atoms with Gasteiger partial charge in [-0.2, -0.15) is 0 Å². The fourth-order valence-corrected chi connectivity index (χ4v) is 2.99. The first-order valence-electron chi connectivity index (χ1n) is 9.86. The predicted octanol–water partition coefficient (Wildman–Crippen LogP) is 2.01. The average Bonchev–Trinajstić information content (AvgIpc) is 2.73. The molecular formula is C19H33NO9. The number of carbonyl (C=O) groups excluding carboxylic acids is 2. The molecule has 0 aromatic carbocycles. The summed E-state index contributed by atoms with van der Waals surface area (Å²) < 4.78 is 37.7. The molecule has 3 aliphatic rings. The van der Waals surface area contributed by atoms with E-state index in [0.717, 1.165) is 4.90 Å². The molecule has 0 aromatic rings. The van der Waals surface area contributed by atoms with E-state index in [9.17, 15) is 9.59 Å². The van der Waals surface area contributed by atoms with Gasteiger partial charge in [0.2, 0.25) is 0 Å². The smallest absolute Gasteiger partial charge is 0.419 e. The highest BCUT2D eigenvalue weighted by atomic mass is 16.9. The molecule has 1 atom stereocenters. The van der Waals surface area contributed by atoms with Gasteiger partial charge in [0.15, 0.2) is 0 Å². The minimum atomic E-state index is -1.29. The number of rotatable bonds is 11. The summed E-state index contributed by atoms with van der Waals surface area (Å²) in [5, 5.41) is 0. The van der Waals surface area contributed by atoms with Crippen LogP contribution in [0.2, 0.25) is 0 Å². The molecule has 0 N–H and O–H groups in total. The molecule has 3 aliphatic heterocycles. The summed E-state index contributed by atoms with van der Waals surface area (Å²) >= 11 is 0. The zero-order valence-electron chi connectivity index (χ0n) is 17.8. The van der Waals surface area contributed by atoms with Crippen LogP contribution in [-0.4, -0.2) is 90.1 Å². The molecule has 29 heavy (non-hydrogen) atoms. The molecule has 10 heteroatoms. The summed E-state index contributed by atoms with van der Waals surface area (Å²) in [4.78, 5) is 26.0. The van der Waals surface area contributed by atoms with Crippen molar-refractivity contribution in [3.05, 3.63) is 0 Å². The van der Waals surface area contributed by atoms with Gasteiger partial charge in [0.25, 0.3) is 5.97 Å². The Balaban J connectivity index is 1.97. The average molecular weight is 419 g/mol. The molecule has 3 heterocycles. The summed E-state index contributed by atoms with van der Waals surface area (Å²) in [5.41, 5.74) is -0.179. The zero-order valence-corrected chi connectivity index (χ0v) is 17.8. The first-order chi connectivity index (χ1) is 13.9. The molecule has 1 unspecified atom stereocenters. The van der Waals surface area contributed by atoms with Gasteiger partial charge in [-0.15, -0.1) is 0 Å². The molecule has 10 nitrogen and oxygen atoms in total. The Hall–Kier alpha value is -1.46. The number of hydrogen-bond donors (Lipinski definition) is 0. The largest absolute Gasteiger partial charge is 0.449 e. The highest BCUT2D eigenvalue weighted by Crippen LogP contribution is 2.42. The first kappa shape index (κ1) is 23.8. The van der Waals surface area contributed by atoms with E-state index < -0.39 is 24.1 Å². The van der Waals surface area contributed by atoms with Gasteiger partial charge in [-0.1, -0.05) is 13.8 Å². The molecule has 0 aromatic heterocycles. The predicted molar refractivity (Wildman–Crippen MR) is 100 cm³/mol. The Bertz CT molecular complexity index is 493. The second kappa shape index (κ2) is 11.1. The quantitative estimate of drug-likeness (QED) is 0.465. The van der Waals surface area contributed by atoms with Crippen LogP contribution in [0.1, 0.15) is 26.7 Å². The van der Waals surface area contributed by atoms with Crippen LogP contribution in [0.3, 0.4) is 0 Å². The van der Waals surface area contributed by atoms with Crippen molar-refractivity contribution in [3.8, 4) is 0 Å². The molecule has 0 aliphatic carbocycles. The number of methoxy groups -OCH3 is 2. The van der Waals surface area contributed by atoms with Crippen LogP contribution in [-0.2, 0) is 33.2 Å². The minimum Gasteiger partial charge on any atom is -0.449 e. The molecule has 168 valence electrons. The van der Waals surface area contributed by atoms with Gasteiger partial charge in [0.05, 0.1) is 39.0 Å². The monoisotopic (exact) mass is 419 g/mol. The van der Waals surface area contributed by atoms with Crippen LogP contribution in [0.15, 0.2) is 0 Å². The number of carbonyl (C=O) groups is 2. The van der Waals surface area contributed by atoms with E-state index in [-0.39, 0.29) is 25.2 Å². The summed E-state index contributed by atoms with van der Waals surface area (Å²) in [6, 6.07) is 0. The van der Waals surface area contributed by atoms with E-state index in [4.69, 9.17) is 33.2 Å². The molecule has 2 bridgehead atoms. The highest BCUT2D eigenvalue weighted by Gasteiger charge is 2.54. The zero-order chi connectivity index (χ0) is 21.3. The third kappa shape index (κ3) is 6.51. The van der Waals surface area contributed by atoms with Crippen molar-refractivity contribution in [2.24, 2.45) is 11.3 Å². The summed E-state index contributed by atoms with van der Waals surface area (Å²) in [6.07, 6.45) is -0.547. The summed E-state index contributed by atoms with van der Waals surface area (Å²) in [7, 11) is 3.12. The fourth-order valence-electron chi connectivity index (χ4n) is 2.99. The lowest BCUT2D eigenvalue weighted by Crippen LogP contribution is -2.63. The normalized spacial score (nSPS) is 26.8. The number of ether oxygens (including phenoxy) is 7. The van der Waals surface area contributed by atoms with E-state index in [1.54, 1.807) is 21.1 Å². The van der Waals surface area contributed by atoms with Crippen molar-refractivity contribution in [3.63, 3.8) is 0 Å². The van der Waals surface area contributed by atoms with Crippen LogP contribution in [0.5, 0.6) is 0 Å². The van der Waals surface area contributed by atoms with E-state index in [2.05, 4.69) is 0 Å². The number of amides is 2. The lowest BCUT2D eigenvalue weighted by atomic mass is 9.90. The molecule has 2 amide bonds. The maximum atomic E-state index is 12.5. The van der Waals surface area contributed by atoms with Crippen molar-refractivity contribution < 1.29 is 42.7 Å². The van der Waals surface area contributed by atoms with Crippen LogP contribution in [0.4, 0.5) is 9.59 Å². The fraction of sp³-hybridized carbons (Fsp3) is 0.895.